The van der Waals surface area contributed by atoms with E-state index in [9.17, 15) is 4.79 Å². The molecule has 1 fully saturated rings. The number of nitrogens with one attached hydrogen (secondary N) is 1. The van der Waals surface area contributed by atoms with Gasteiger partial charge in [-0.25, -0.2) is 0 Å². The maximum Gasteiger partial charge on any atom is 0.248 e. The van der Waals surface area contributed by atoms with Crippen molar-refractivity contribution in [2.24, 2.45) is 11.7 Å². The van der Waals surface area contributed by atoms with E-state index in [-0.39, 0.29) is 12.0 Å². The van der Waals surface area contributed by atoms with Crippen LogP contribution in [0.3, 0.4) is 0 Å². The van der Waals surface area contributed by atoms with E-state index in [1.165, 1.54) is 6.42 Å². The smallest absolute Gasteiger partial charge is 0.248 e. The van der Waals surface area contributed by atoms with Crippen LogP contribution in [-0.4, -0.2) is 19.1 Å². The van der Waals surface area contributed by atoms with Gasteiger partial charge in [0.05, 0.1) is 6.10 Å². The quantitative estimate of drug-likeness (QED) is 0.774. The van der Waals surface area contributed by atoms with Crippen molar-refractivity contribution >= 4 is 11.6 Å². The number of amides is 1. The Kier molecular flexibility index (Phi) is 2.52. The van der Waals surface area contributed by atoms with E-state index in [1.807, 2.05) is 12.1 Å². The molecule has 3 N–H and O–H groups in total. The standard InChI is InChI=1S/C13H16N2O2/c14-13(16)8-3-4-11-10(6-8)12-9(7-15-11)2-1-5-17-12/h3-4,6,9,12,15H,1-2,5,7H2,(H2,14,16). The summed E-state index contributed by atoms with van der Waals surface area (Å²) in [5, 5.41) is 3.40. The van der Waals surface area contributed by atoms with Gasteiger partial charge in [0, 0.05) is 35.9 Å². The summed E-state index contributed by atoms with van der Waals surface area (Å²) in [6.07, 6.45) is 2.42. The van der Waals surface area contributed by atoms with Gasteiger partial charge in [0.1, 0.15) is 0 Å². The molecule has 0 saturated carbocycles. The molecule has 1 amide bonds. The van der Waals surface area contributed by atoms with Gasteiger partial charge >= 0.3 is 0 Å². The summed E-state index contributed by atoms with van der Waals surface area (Å²) in [5.74, 6) is 0.130. The van der Waals surface area contributed by atoms with Crippen LogP contribution in [0.25, 0.3) is 0 Å². The highest BCUT2D eigenvalue weighted by Gasteiger charge is 2.32. The molecular formula is C13H16N2O2. The first-order chi connectivity index (χ1) is 8.25. The number of anilines is 1. The Labute approximate surface area is 100 Å². The van der Waals surface area contributed by atoms with E-state index < -0.39 is 0 Å². The highest BCUT2D eigenvalue weighted by atomic mass is 16.5. The van der Waals surface area contributed by atoms with E-state index >= 15 is 0 Å². The highest BCUT2D eigenvalue weighted by Crippen LogP contribution is 2.40. The maximum absolute atomic E-state index is 11.2. The second-order valence-electron chi connectivity index (χ2n) is 4.74. The lowest BCUT2D eigenvalue weighted by atomic mass is 9.85. The molecule has 0 aromatic heterocycles. The summed E-state index contributed by atoms with van der Waals surface area (Å²) in [7, 11) is 0. The number of rotatable bonds is 1. The first-order valence-corrected chi connectivity index (χ1v) is 6.05. The van der Waals surface area contributed by atoms with Crippen LogP contribution in [-0.2, 0) is 4.74 Å². The molecule has 2 atom stereocenters. The van der Waals surface area contributed by atoms with Crippen LogP contribution in [0.15, 0.2) is 18.2 Å². The van der Waals surface area contributed by atoms with Gasteiger partial charge in [-0.1, -0.05) is 0 Å². The second-order valence-corrected chi connectivity index (χ2v) is 4.74. The fourth-order valence-electron chi connectivity index (χ4n) is 2.75. The molecule has 17 heavy (non-hydrogen) atoms. The Morgan fingerprint density at radius 2 is 2.35 bits per heavy atom. The van der Waals surface area contributed by atoms with Gasteiger partial charge in [0.15, 0.2) is 0 Å². The molecule has 0 aliphatic carbocycles. The van der Waals surface area contributed by atoms with Crippen LogP contribution in [0.4, 0.5) is 5.69 Å². The number of ether oxygens (including phenoxy) is 1. The summed E-state index contributed by atoms with van der Waals surface area (Å²) < 4.78 is 5.85. The number of carbonyl (C=O) groups excluding carboxylic acids is 1. The lowest BCUT2D eigenvalue weighted by Crippen LogP contribution is -2.33. The van der Waals surface area contributed by atoms with Crippen LogP contribution in [0.5, 0.6) is 0 Å². The predicted octanol–water partition coefficient (Wildman–Crippen LogP) is 1.68. The van der Waals surface area contributed by atoms with Gasteiger partial charge in [-0.15, -0.1) is 0 Å². The largest absolute Gasteiger partial charge is 0.384 e. The second kappa shape index (κ2) is 4.04. The van der Waals surface area contributed by atoms with E-state index in [1.54, 1.807) is 6.07 Å². The van der Waals surface area contributed by atoms with Gasteiger partial charge in [-0.05, 0) is 31.0 Å². The van der Waals surface area contributed by atoms with Gasteiger partial charge in [0.25, 0.3) is 0 Å². The Morgan fingerprint density at radius 1 is 1.47 bits per heavy atom. The predicted molar refractivity (Wildman–Crippen MR) is 64.9 cm³/mol. The van der Waals surface area contributed by atoms with Crippen LogP contribution in [0.1, 0.15) is 34.9 Å². The van der Waals surface area contributed by atoms with Crippen LogP contribution in [0, 0.1) is 5.92 Å². The van der Waals surface area contributed by atoms with Gasteiger partial charge in [-0.3, -0.25) is 4.79 Å². The molecule has 4 heteroatoms. The number of hydrogen-bond acceptors (Lipinski definition) is 3. The Balaban J connectivity index is 2.01. The lowest BCUT2D eigenvalue weighted by molar-refractivity contribution is -0.0262. The third kappa shape index (κ3) is 1.78. The molecule has 2 unspecified atom stereocenters. The minimum atomic E-state index is -0.384. The molecule has 1 saturated heterocycles. The minimum absolute atomic E-state index is 0.124. The minimum Gasteiger partial charge on any atom is -0.384 e. The maximum atomic E-state index is 11.2. The van der Waals surface area contributed by atoms with Crippen LogP contribution < -0.4 is 11.1 Å². The van der Waals surface area contributed by atoms with Crippen molar-refractivity contribution in [3.63, 3.8) is 0 Å². The van der Waals surface area contributed by atoms with Crippen LogP contribution in [0.2, 0.25) is 0 Å². The van der Waals surface area contributed by atoms with Crippen molar-refractivity contribution in [2.45, 2.75) is 18.9 Å². The van der Waals surface area contributed by atoms with Crippen molar-refractivity contribution in [1.29, 1.82) is 0 Å². The Morgan fingerprint density at radius 3 is 3.18 bits per heavy atom. The number of primary amides is 1. The van der Waals surface area contributed by atoms with Crippen molar-refractivity contribution in [2.75, 3.05) is 18.5 Å². The summed E-state index contributed by atoms with van der Waals surface area (Å²) in [4.78, 5) is 11.2. The summed E-state index contributed by atoms with van der Waals surface area (Å²) in [6, 6.07) is 5.55. The molecule has 3 rings (SSSR count). The average Bonchev–Trinajstić information content (AvgIpc) is 2.38. The van der Waals surface area contributed by atoms with Crippen molar-refractivity contribution < 1.29 is 9.53 Å². The third-order valence-electron chi connectivity index (χ3n) is 3.64. The molecule has 0 bridgehead atoms. The Hall–Kier alpha value is -1.55. The molecule has 0 radical (unpaired) electrons. The molecule has 2 heterocycles. The zero-order valence-electron chi connectivity index (χ0n) is 9.61. The first-order valence-electron chi connectivity index (χ1n) is 6.05. The van der Waals surface area contributed by atoms with Crippen LogP contribution >= 0.6 is 0 Å². The van der Waals surface area contributed by atoms with Gasteiger partial charge in [0.2, 0.25) is 5.91 Å². The molecule has 4 nitrogen and oxygen atoms in total. The van der Waals surface area contributed by atoms with Gasteiger partial charge in [-0.2, -0.15) is 0 Å². The first kappa shape index (κ1) is 10.6. The molecule has 1 aromatic carbocycles. The molecular weight excluding hydrogens is 216 g/mol. The normalized spacial score (nSPS) is 26.6. The number of nitrogens with two attached hydrogens (primary N) is 1. The zero-order valence-corrected chi connectivity index (χ0v) is 9.61. The fraction of sp³-hybridized carbons (Fsp3) is 0.462. The Bertz CT molecular complexity index is 459. The summed E-state index contributed by atoms with van der Waals surface area (Å²) >= 11 is 0. The van der Waals surface area contributed by atoms with Crippen molar-refractivity contribution in [3.8, 4) is 0 Å². The fourth-order valence-corrected chi connectivity index (χ4v) is 2.75. The van der Waals surface area contributed by atoms with E-state index in [2.05, 4.69) is 5.32 Å². The zero-order chi connectivity index (χ0) is 11.8. The molecule has 2 aliphatic heterocycles. The number of hydrogen-bond donors (Lipinski definition) is 2. The average molecular weight is 232 g/mol. The summed E-state index contributed by atoms with van der Waals surface area (Å²) in [6.45, 7) is 1.76. The third-order valence-corrected chi connectivity index (χ3v) is 3.64. The van der Waals surface area contributed by atoms with E-state index in [0.29, 0.717) is 11.5 Å². The summed E-state index contributed by atoms with van der Waals surface area (Å²) in [5.41, 5.74) is 8.02. The molecule has 2 aliphatic rings. The topological polar surface area (TPSA) is 64.4 Å². The van der Waals surface area contributed by atoms with Gasteiger partial charge < -0.3 is 15.8 Å². The molecule has 1 aromatic rings. The van der Waals surface area contributed by atoms with E-state index in [0.717, 1.165) is 30.8 Å². The number of benzene rings is 1. The molecule has 90 valence electrons. The van der Waals surface area contributed by atoms with Crippen molar-refractivity contribution in [1.82, 2.24) is 0 Å². The molecule has 0 spiro atoms. The monoisotopic (exact) mass is 232 g/mol. The lowest BCUT2D eigenvalue weighted by Gasteiger charge is -2.37. The van der Waals surface area contributed by atoms with Crippen molar-refractivity contribution in [3.05, 3.63) is 29.3 Å². The number of carbonyl (C=O) groups is 1. The SMILES string of the molecule is NC(=O)c1ccc2c(c1)C1OCCCC1CN2. The van der Waals surface area contributed by atoms with E-state index in [4.69, 9.17) is 10.5 Å². The highest BCUT2D eigenvalue weighted by molar-refractivity contribution is 5.93. The number of fused-ring (bicyclic) bond motifs is 3.